The molecule has 1 aromatic heterocycles. The molecule has 0 radical (unpaired) electrons. The molecule has 1 heterocycles. The molecular weight excluding hydrogens is 344 g/mol. The number of ether oxygens (including phenoxy) is 1. The molecular formula is C20H26N4O3. The van der Waals surface area contributed by atoms with E-state index in [1.807, 2.05) is 24.3 Å². The molecule has 2 N–H and O–H groups in total. The Kier molecular flexibility index (Phi) is 6.11. The normalized spacial score (nSPS) is 19.3. The van der Waals surface area contributed by atoms with E-state index in [9.17, 15) is 9.59 Å². The second-order valence-electron chi connectivity index (χ2n) is 6.88. The Morgan fingerprint density at radius 1 is 1.19 bits per heavy atom. The average Bonchev–Trinajstić information content (AvgIpc) is 3.15. The molecule has 1 aliphatic carbocycles. The Hall–Kier alpha value is -2.83. The van der Waals surface area contributed by atoms with Crippen LogP contribution < -0.4 is 10.6 Å². The Morgan fingerprint density at radius 2 is 1.93 bits per heavy atom. The van der Waals surface area contributed by atoms with Gasteiger partial charge < -0.3 is 15.4 Å². The van der Waals surface area contributed by atoms with E-state index in [4.69, 9.17) is 4.74 Å². The van der Waals surface area contributed by atoms with Gasteiger partial charge in [-0.2, -0.15) is 5.10 Å². The van der Waals surface area contributed by atoms with Crippen molar-refractivity contribution in [2.24, 2.45) is 5.92 Å². The van der Waals surface area contributed by atoms with Crippen LogP contribution in [-0.2, 0) is 4.74 Å². The topological polar surface area (TPSA) is 85.2 Å². The van der Waals surface area contributed by atoms with Crippen LogP contribution in [0.5, 0.6) is 0 Å². The molecule has 7 nitrogen and oxygen atoms in total. The Balaban J connectivity index is 1.58. The lowest BCUT2D eigenvalue weighted by Gasteiger charge is -2.29. The first-order valence-corrected chi connectivity index (χ1v) is 9.47. The highest BCUT2D eigenvalue weighted by atomic mass is 16.5. The van der Waals surface area contributed by atoms with E-state index in [0.717, 1.165) is 18.5 Å². The van der Waals surface area contributed by atoms with Crippen molar-refractivity contribution in [2.45, 2.75) is 45.6 Å². The van der Waals surface area contributed by atoms with Crippen molar-refractivity contribution < 1.29 is 14.3 Å². The quantitative estimate of drug-likeness (QED) is 0.785. The summed E-state index contributed by atoms with van der Waals surface area (Å²) in [5.41, 5.74) is 1.76. The maximum Gasteiger partial charge on any atom is 0.358 e. The zero-order chi connectivity index (χ0) is 19.2. The van der Waals surface area contributed by atoms with Crippen LogP contribution in [0.25, 0.3) is 5.69 Å². The molecule has 27 heavy (non-hydrogen) atoms. The molecule has 2 amide bonds. The molecule has 1 fully saturated rings. The van der Waals surface area contributed by atoms with Crippen LogP contribution in [0.2, 0.25) is 0 Å². The maximum atomic E-state index is 12.2. The molecule has 2 aromatic rings. The van der Waals surface area contributed by atoms with E-state index in [1.54, 1.807) is 23.9 Å². The van der Waals surface area contributed by atoms with Gasteiger partial charge in [-0.05, 0) is 56.0 Å². The van der Waals surface area contributed by atoms with Gasteiger partial charge in [0, 0.05) is 17.9 Å². The monoisotopic (exact) mass is 370 g/mol. The van der Waals surface area contributed by atoms with Crippen LogP contribution in [0.3, 0.4) is 0 Å². The van der Waals surface area contributed by atoms with E-state index in [2.05, 4.69) is 22.7 Å². The van der Waals surface area contributed by atoms with E-state index in [-0.39, 0.29) is 17.8 Å². The predicted molar refractivity (Wildman–Crippen MR) is 103 cm³/mol. The molecule has 0 bridgehead atoms. The fraction of sp³-hybridized carbons (Fsp3) is 0.450. The summed E-state index contributed by atoms with van der Waals surface area (Å²) in [6.45, 7) is 4.26. The van der Waals surface area contributed by atoms with Gasteiger partial charge in [0.1, 0.15) is 0 Å². The first-order valence-electron chi connectivity index (χ1n) is 9.47. The van der Waals surface area contributed by atoms with Crippen molar-refractivity contribution in [3.8, 4) is 5.69 Å². The van der Waals surface area contributed by atoms with Crippen molar-refractivity contribution in [3.05, 3.63) is 42.2 Å². The number of nitrogens with zero attached hydrogens (tertiary/aromatic N) is 2. The van der Waals surface area contributed by atoms with Crippen LogP contribution in [-0.4, -0.2) is 34.4 Å². The summed E-state index contributed by atoms with van der Waals surface area (Å²) in [6.07, 6.45) is 6.31. The van der Waals surface area contributed by atoms with Crippen molar-refractivity contribution in [2.75, 3.05) is 11.9 Å². The van der Waals surface area contributed by atoms with Crippen LogP contribution in [0.1, 0.15) is 50.0 Å². The Labute approximate surface area is 159 Å². The molecule has 7 heteroatoms. The molecule has 0 spiro atoms. The summed E-state index contributed by atoms with van der Waals surface area (Å²) in [5, 5.41) is 10.2. The van der Waals surface area contributed by atoms with E-state index < -0.39 is 5.97 Å². The van der Waals surface area contributed by atoms with Gasteiger partial charge >= 0.3 is 12.0 Å². The number of hydrogen-bond donors (Lipinski definition) is 2. The summed E-state index contributed by atoms with van der Waals surface area (Å²) >= 11 is 0. The fourth-order valence-electron chi connectivity index (χ4n) is 3.35. The van der Waals surface area contributed by atoms with Gasteiger partial charge in [-0.1, -0.05) is 19.8 Å². The van der Waals surface area contributed by atoms with Crippen LogP contribution in [0.4, 0.5) is 10.5 Å². The average molecular weight is 370 g/mol. The summed E-state index contributed by atoms with van der Waals surface area (Å²) in [4.78, 5) is 23.9. The lowest BCUT2D eigenvalue weighted by Crippen LogP contribution is -2.43. The van der Waals surface area contributed by atoms with E-state index in [0.29, 0.717) is 18.2 Å². The van der Waals surface area contributed by atoms with Gasteiger partial charge in [-0.3, -0.25) is 0 Å². The molecule has 1 saturated carbocycles. The highest BCUT2D eigenvalue weighted by Gasteiger charge is 2.22. The zero-order valence-corrected chi connectivity index (χ0v) is 15.8. The van der Waals surface area contributed by atoms with Crippen molar-refractivity contribution in [3.63, 3.8) is 0 Å². The minimum Gasteiger partial charge on any atom is -0.461 e. The van der Waals surface area contributed by atoms with Gasteiger partial charge in [0.05, 0.1) is 12.3 Å². The summed E-state index contributed by atoms with van der Waals surface area (Å²) < 4.78 is 6.54. The Bertz CT molecular complexity index is 785. The highest BCUT2D eigenvalue weighted by Crippen LogP contribution is 2.23. The third kappa shape index (κ3) is 4.87. The van der Waals surface area contributed by atoms with Gasteiger partial charge in [0.25, 0.3) is 0 Å². The number of aromatic nitrogens is 2. The largest absolute Gasteiger partial charge is 0.461 e. The number of amides is 2. The summed E-state index contributed by atoms with van der Waals surface area (Å²) in [7, 11) is 0. The van der Waals surface area contributed by atoms with E-state index >= 15 is 0 Å². The minimum absolute atomic E-state index is 0.176. The van der Waals surface area contributed by atoms with Gasteiger partial charge in [0.2, 0.25) is 0 Å². The molecule has 1 aliphatic rings. The zero-order valence-electron chi connectivity index (χ0n) is 15.8. The minimum atomic E-state index is -0.442. The number of rotatable bonds is 5. The third-order valence-corrected chi connectivity index (χ3v) is 4.89. The molecule has 1 aromatic carbocycles. The first-order chi connectivity index (χ1) is 13.1. The smallest absolute Gasteiger partial charge is 0.358 e. The number of benzene rings is 1. The van der Waals surface area contributed by atoms with Gasteiger partial charge in [-0.15, -0.1) is 0 Å². The van der Waals surface area contributed by atoms with Crippen LogP contribution in [0, 0.1) is 5.92 Å². The summed E-state index contributed by atoms with van der Waals surface area (Å²) in [5.74, 6) is 0.0726. The van der Waals surface area contributed by atoms with Crippen molar-refractivity contribution in [1.29, 1.82) is 0 Å². The predicted octanol–water partition coefficient (Wildman–Crippen LogP) is 3.75. The number of nitrogens with one attached hydrogen (secondary N) is 2. The molecule has 2 atom stereocenters. The Morgan fingerprint density at radius 3 is 2.63 bits per heavy atom. The van der Waals surface area contributed by atoms with Gasteiger partial charge in [0.15, 0.2) is 5.69 Å². The molecule has 0 saturated heterocycles. The second kappa shape index (κ2) is 8.70. The molecule has 144 valence electrons. The van der Waals surface area contributed by atoms with Crippen LogP contribution in [0.15, 0.2) is 36.5 Å². The SMILES string of the molecule is CCOC(=O)c1ccn(-c2ccc(NC(=O)NC3CCCCC3C)cc2)n1. The number of urea groups is 1. The number of carbonyl (C=O) groups is 2. The first kappa shape index (κ1) is 18.9. The fourth-order valence-corrected chi connectivity index (χ4v) is 3.35. The maximum absolute atomic E-state index is 12.2. The summed E-state index contributed by atoms with van der Waals surface area (Å²) in [6, 6.07) is 8.97. The van der Waals surface area contributed by atoms with Crippen molar-refractivity contribution >= 4 is 17.7 Å². The number of hydrogen-bond acceptors (Lipinski definition) is 4. The highest BCUT2D eigenvalue weighted by molar-refractivity contribution is 5.89. The molecule has 2 unspecified atom stereocenters. The molecule has 3 rings (SSSR count). The van der Waals surface area contributed by atoms with Crippen molar-refractivity contribution in [1.82, 2.24) is 15.1 Å². The van der Waals surface area contributed by atoms with Gasteiger partial charge in [-0.25, -0.2) is 14.3 Å². The lowest BCUT2D eigenvalue weighted by atomic mass is 9.86. The number of anilines is 1. The van der Waals surface area contributed by atoms with E-state index in [1.165, 1.54) is 12.8 Å². The molecule has 0 aliphatic heterocycles. The number of carbonyl (C=O) groups excluding carboxylic acids is 2. The number of esters is 1. The second-order valence-corrected chi connectivity index (χ2v) is 6.88. The van der Waals surface area contributed by atoms with Crippen LogP contribution >= 0.6 is 0 Å². The standard InChI is InChI=1S/C20H26N4O3/c1-3-27-19(25)18-12-13-24(23-18)16-10-8-15(9-11-16)21-20(26)22-17-7-5-4-6-14(17)2/h8-14,17H,3-7H2,1-2H3,(H2,21,22,26). The lowest BCUT2D eigenvalue weighted by molar-refractivity contribution is 0.0519. The third-order valence-electron chi connectivity index (χ3n) is 4.89.